The summed E-state index contributed by atoms with van der Waals surface area (Å²) < 4.78 is 1.42. The lowest BCUT2D eigenvalue weighted by molar-refractivity contribution is -0.121. The van der Waals surface area contributed by atoms with Gasteiger partial charge in [-0.2, -0.15) is 0 Å². The quantitative estimate of drug-likeness (QED) is 0.659. The molecule has 6 heteroatoms. The van der Waals surface area contributed by atoms with Crippen LogP contribution in [-0.2, 0) is 11.3 Å². The largest absolute Gasteiger partial charge is 0.352 e. The van der Waals surface area contributed by atoms with E-state index >= 15 is 0 Å². The van der Waals surface area contributed by atoms with Crippen LogP contribution < -0.4 is 16.6 Å². The van der Waals surface area contributed by atoms with Gasteiger partial charge >= 0.3 is 5.69 Å². The molecule has 2 aromatic carbocycles. The number of hydrogen-bond acceptors (Lipinski definition) is 3. The predicted molar refractivity (Wildman–Crippen MR) is 112 cm³/mol. The van der Waals surface area contributed by atoms with Crippen LogP contribution in [0.2, 0.25) is 0 Å². The van der Waals surface area contributed by atoms with Gasteiger partial charge in [0, 0.05) is 24.8 Å². The Morgan fingerprint density at radius 3 is 2.31 bits per heavy atom. The van der Waals surface area contributed by atoms with Gasteiger partial charge in [-0.05, 0) is 29.2 Å². The van der Waals surface area contributed by atoms with Crippen LogP contribution in [0.4, 0.5) is 0 Å². The molecule has 3 aromatic rings. The van der Waals surface area contributed by atoms with Crippen LogP contribution in [0, 0.1) is 6.92 Å². The summed E-state index contributed by atoms with van der Waals surface area (Å²) in [5.74, 6) is -0.371. The fourth-order valence-corrected chi connectivity index (χ4v) is 3.73. The maximum absolute atomic E-state index is 12.9. The van der Waals surface area contributed by atoms with Crippen molar-refractivity contribution in [3.63, 3.8) is 0 Å². The number of carbonyl (C=O) groups is 1. The minimum Gasteiger partial charge on any atom is -0.352 e. The Labute approximate surface area is 167 Å². The van der Waals surface area contributed by atoms with E-state index in [1.54, 1.807) is 19.1 Å². The summed E-state index contributed by atoms with van der Waals surface area (Å²) in [4.78, 5) is 38.4. The summed E-state index contributed by atoms with van der Waals surface area (Å²) in [5, 5.41) is 2.96. The van der Waals surface area contributed by atoms with Crippen LogP contribution >= 0.6 is 0 Å². The normalized spacial score (nSPS) is 12.7. The number of aromatic nitrogens is 2. The highest BCUT2D eigenvalue weighted by Gasteiger charge is 2.32. The number of hydrogen-bond donors (Lipinski definition) is 2. The fourth-order valence-electron chi connectivity index (χ4n) is 3.73. The number of aromatic amines is 1. The second kappa shape index (κ2) is 7.75. The Hall–Kier alpha value is -3.67. The van der Waals surface area contributed by atoms with Crippen molar-refractivity contribution in [3.05, 3.63) is 104 Å². The van der Waals surface area contributed by atoms with E-state index in [9.17, 15) is 14.4 Å². The van der Waals surface area contributed by atoms with Crippen LogP contribution in [0.3, 0.4) is 0 Å². The van der Waals surface area contributed by atoms with Crippen molar-refractivity contribution in [2.45, 2.75) is 19.4 Å². The van der Waals surface area contributed by atoms with Gasteiger partial charge < -0.3 is 5.32 Å². The molecule has 0 aliphatic heterocycles. The van der Waals surface area contributed by atoms with Crippen molar-refractivity contribution < 1.29 is 4.79 Å². The van der Waals surface area contributed by atoms with E-state index in [1.165, 1.54) is 10.8 Å². The van der Waals surface area contributed by atoms with Crippen molar-refractivity contribution >= 4 is 5.91 Å². The van der Waals surface area contributed by atoms with E-state index in [4.69, 9.17) is 0 Å². The van der Waals surface area contributed by atoms with E-state index in [2.05, 4.69) is 10.3 Å². The van der Waals surface area contributed by atoms with Gasteiger partial charge in [-0.1, -0.05) is 60.7 Å². The Morgan fingerprint density at radius 1 is 1.03 bits per heavy atom. The summed E-state index contributed by atoms with van der Waals surface area (Å²) in [6.45, 7) is 2.33. The van der Waals surface area contributed by atoms with E-state index in [-0.39, 0.29) is 17.4 Å². The van der Waals surface area contributed by atoms with Gasteiger partial charge in [-0.25, -0.2) is 4.79 Å². The summed E-state index contributed by atoms with van der Waals surface area (Å²) in [7, 11) is 0. The molecule has 1 aromatic heterocycles. The SMILES string of the molecule is Cc1cn(C/C=C\CNC(=O)C2c3ccccc3-c3ccccc32)c(=O)[nH]c1=O. The van der Waals surface area contributed by atoms with Crippen LogP contribution in [0.1, 0.15) is 22.6 Å². The molecule has 29 heavy (non-hydrogen) atoms. The maximum atomic E-state index is 12.9. The Kier molecular flexibility index (Phi) is 4.99. The van der Waals surface area contributed by atoms with Gasteiger partial charge in [0.1, 0.15) is 0 Å². The van der Waals surface area contributed by atoms with Gasteiger partial charge in [0.05, 0.1) is 5.92 Å². The first-order valence-electron chi connectivity index (χ1n) is 9.47. The zero-order valence-electron chi connectivity index (χ0n) is 16.0. The molecule has 0 saturated heterocycles. The van der Waals surface area contributed by atoms with Gasteiger partial charge in [0.2, 0.25) is 5.91 Å². The molecular formula is C23H21N3O3. The number of carbonyl (C=O) groups excluding carboxylic acids is 1. The lowest BCUT2D eigenvalue weighted by atomic mass is 9.96. The number of fused-ring (bicyclic) bond motifs is 3. The lowest BCUT2D eigenvalue weighted by Crippen LogP contribution is -2.30. The van der Waals surface area contributed by atoms with Crippen LogP contribution in [-0.4, -0.2) is 22.0 Å². The van der Waals surface area contributed by atoms with Gasteiger partial charge in [0.15, 0.2) is 0 Å². The molecule has 4 rings (SSSR count). The summed E-state index contributed by atoms with van der Waals surface area (Å²) in [6, 6.07) is 16.0. The predicted octanol–water partition coefficient (Wildman–Crippen LogP) is 2.33. The standard InChI is InChI=1S/C23H21N3O3/c1-15-14-26(23(29)25-21(15)27)13-7-6-12-24-22(28)20-18-10-4-2-8-16(18)17-9-3-5-11-19(17)20/h2-11,14,20H,12-13H2,1H3,(H,24,28)(H,25,27,29)/b7-6-. The number of aryl methyl sites for hydroxylation is 1. The second-order valence-electron chi connectivity index (χ2n) is 7.05. The van der Waals surface area contributed by atoms with Crippen LogP contribution in [0.5, 0.6) is 0 Å². The van der Waals surface area contributed by atoms with Crippen molar-refractivity contribution in [3.8, 4) is 11.1 Å². The summed E-state index contributed by atoms with van der Waals surface area (Å²) in [5.41, 5.74) is 3.90. The molecule has 1 aliphatic rings. The van der Waals surface area contributed by atoms with E-state index in [0.29, 0.717) is 18.7 Å². The minimum absolute atomic E-state index is 0.0518. The molecule has 0 bridgehead atoms. The highest BCUT2D eigenvalue weighted by atomic mass is 16.2. The first kappa shape index (κ1) is 18.7. The third-order valence-corrected chi connectivity index (χ3v) is 5.15. The Balaban J connectivity index is 1.43. The summed E-state index contributed by atoms with van der Waals surface area (Å²) in [6.07, 6.45) is 5.12. The number of benzene rings is 2. The van der Waals surface area contributed by atoms with Gasteiger partial charge in [-0.15, -0.1) is 0 Å². The molecule has 0 radical (unpaired) electrons. The third kappa shape index (κ3) is 3.57. The average molecular weight is 387 g/mol. The third-order valence-electron chi connectivity index (χ3n) is 5.15. The fraction of sp³-hybridized carbons (Fsp3) is 0.174. The first-order chi connectivity index (χ1) is 14.1. The Bertz CT molecular complexity index is 1170. The molecule has 0 saturated carbocycles. The van der Waals surface area contributed by atoms with Crippen LogP contribution in [0.15, 0.2) is 76.5 Å². The number of rotatable bonds is 5. The molecule has 2 N–H and O–H groups in total. The highest BCUT2D eigenvalue weighted by Crippen LogP contribution is 2.44. The molecule has 6 nitrogen and oxygen atoms in total. The molecule has 0 unspecified atom stereocenters. The van der Waals surface area contributed by atoms with Crippen LogP contribution in [0.25, 0.3) is 11.1 Å². The summed E-state index contributed by atoms with van der Waals surface area (Å²) >= 11 is 0. The number of nitrogens with zero attached hydrogens (tertiary/aromatic N) is 1. The van der Waals surface area contributed by atoms with Crippen molar-refractivity contribution in [1.29, 1.82) is 0 Å². The zero-order valence-corrected chi connectivity index (χ0v) is 16.0. The van der Waals surface area contributed by atoms with Crippen molar-refractivity contribution in [2.75, 3.05) is 6.54 Å². The Morgan fingerprint density at radius 2 is 1.66 bits per heavy atom. The van der Waals surface area contributed by atoms with Crippen molar-refractivity contribution in [2.24, 2.45) is 0 Å². The topological polar surface area (TPSA) is 84.0 Å². The molecule has 1 amide bonds. The van der Waals surface area contributed by atoms with E-state index < -0.39 is 5.69 Å². The molecule has 0 atom stereocenters. The van der Waals surface area contributed by atoms with Gasteiger partial charge in [0.25, 0.3) is 5.56 Å². The van der Waals surface area contributed by atoms with E-state index in [1.807, 2.05) is 48.5 Å². The highest BCUT2D eigenvalue weighted by molar-refractivity contribution is 5.96. The monoisotopic (exact) mass is 387 g/mol. The maximum Gasteiger partial charge on any atom is 0.328 e. The number of nitrogens with one attached hydrogen (secondary N) is 2. The number of H-pyrrole nitrogens is 1. The first-order valence-corrected chi connectivity index (χ1v) is 9.47. The molecular weight excluding hydrogens is 366 g/mol. The lowest BCUT2D eigenvalue weighted by Gasteiger charge is -2.13. The minimum atomic E-state index is -0.451. The average Bonchev–Trinajstić information content (AvgIpc) is 3.06. The molecule has 146 valence electrons. The molecule has 0 fully saturated rings. The zero-order chi connectivity index (χ0) is 20.4. The molecule has 1 heterocycles. The molecule has 0 spiro atoms. The number of amides is 1. The number of allylic oxidation sites excluding steroid dienone is 1. The van der Waals surface area contributed by atoms with Gasteiger partial charge in [-0.3, -0.25) is 19.1 Å². The second-order valence-corrected chi connectivity index (χ2v) is 7.05. The molecule has 1 aliphatic carbocycles. The smallest absolute Gasteiger partial charge is 0.328 e. The van der Waals surface area contributed by atoms with Crippen molar-refractivity contribution in [1.82, 2.24) is 14.9 Å². The van der Waals surface area contributed by atoms with E-state index in [0.717, 1.165) is 22.3 Å².